The van der Waals surface area contributed by atoms with Crippen molar-refractivity contribution in [2.24, 2.45) is 0 Å². The molecule has 0 saturated heterocycles. The van der Waals surface area contributed by atoms with Crippen LogP contribution in [0, 0.1) is 10.1 Å². The molecule has 6 nitrogen and oxygen atoms in total. The Hall–Kier alpha value is -2.50. The van der Waals surface area contributed by atoms with Gasteiger partial charge in [0.05, 0.1) is 7.11 Å². The number of nitrogens with zero attached hydrogens (tertiary/aromatic N) is 3. The monoisotopic (exact) mass is 231 g/mol. The molecule has 2 aromatic rings. The second-order valence-corrected chi connectivity index (χ2v) is 3.25. The summed E-state index contributed by atoms with van der Waals surface area (Å²) in [6.07, 6.45) is 4.74. The third kappa shape index (κ3) is 2.20. The molecule has 0 atom stereocenters. The lowest BCUT2D eigenvalue weighted by atomic mass is 10.1. The van der Waals surface area contributed by atoms with Crippen LogP contribution in [-0.2, 0) is 0 Å². The first-order chi connectivity index (χ1) is 8.22. The van der Waals surface area contributed by atoms with Gasteiger partial charge in [-0.15, -0.1) is 0 Å². The summed E-state index contributed by atoms with van der Waals surface area (Å²) in [7, 11) is 1.37. The molecular formula is C11H9N3O3. The standard InChI is InChI=1S/C11H9N3O3/c1-17-10-5-9(7-13-11(10)14(15)16)8-3-2-4-12-6-8/h2-7H,1H3. The van der Waals surface area contributed by atoms with Crippen LogP contribution in [0.1, 0.15) is 0 Å². The Labute approximate surface area is 97.1 Å². The Bertz CT molecular complexity index is 543. The minimum atomic E-state index is -0.578. The molecule has 0 unspecified atom stereocenters. The van der Waals surface area contributed by atoms with Crippen molar-refractivity contribution >= 4 is 5.82 Å². The van der Waals surface area contributed by atoms with E-state index in [9.17, 15) is 10.1 Å². The van der Waals surface area contributed by atoms with Crippen LogP contribution in [0.5, 0.6) is 5.75 Å². The van der Waals surface area contributed by atoms with Gasteiger partial charge in [0, 0.05) is 29.6 Å². The van der Waals surface area contributed by atoms with Crippen LogP contribution in [0.4, 0.5) is 5.82 Å². The molecule has 0 bridgehead atoms. The minimum Gasteiger partial charge on any atom is -0.489 e. The smallest absolute Gasteiger partial charge is 0.406 e. The number of ether oxygens (including phenoxy) is 1. The van der Waals surface area contributed by atoms with Crippen molar-refractivity contribution in [3.8, 4) is 16.9 Å². The SMILES string of the molecule is COc1cc(-c2cccnc2)cnc1[N+](=O)[O-]. The van der Waals surface area contributed by atoms with Crippen molar-refractivity contribution in [2.45, 2.75) is 0 Å². The molecule has 2 aromatic heterocycles. The fraction of sp³-hybridized carbons (Fsp3) is 0.0909. The van der Waals surface area contributed by atoms with E-state index in [1.54, 1.807) is 24.5 Å². The van der Waals surface area contributed by atoms with Crippen molar-refractivity contribution in [1.82, 2.24) is 9.97 Å². The summed E-state index contributed by atoms with van der Waals surface area (Å²) in [5, 5.41) is 10.7. The second kappa shape index (κ2) is 4.56. The summed E-state index contributed by atoms with van der Waals surface area (Å²) in [4.78, 5) is 17.8. The Morgan fingerprint density at radius 1 is 1.35 bits per heavy atom. The molecule has 0 aliphatic heterocycles. The summed E-state index contributed by atoms with van der Waals surface area (Å²) in [6, 6.07) is 5.20. The quantitative estimate of drug-likeness (QED) is 0.596. The van der Waals surface area contributed by atoms with Crippen molar-refractivity contribution in [1.29, 1.82) is 0 Å². The van der Waals surface area contributed by atoms with Gasteiger partial charge in [0.25, 0.3) is 0 Å². The zero-order valence-corrected chi connectivity index (χ0v) is 9.03. The van der Waals surface area contributed by atoms with Crippen LogP contribution in [0.3, 0.4) is 0 Å². The van der Waals surface area contributed by atoms with Gasteiger partial charge in [0.15, 0.2) is 0 Å². The van der Waals surface area contributed by atoms with Crippen LogP contribution in [-0.4, -0.2) is 22.0 Å². The normalized spacial score (nSPS) is 9.94. The van der Waals surface area contributed by atoms with E-state index < -0.39 is 4.92 Å². The summed E-state index contributed by atoms with van der Waals surface area (Å²) < 4.78 is 4.94. The van der Waals surface area contributed by atoms with E-state index in [0.29, 0.717) is 0 Å². The highest BCUT2D eigenvalue weighted by Gasteiger charge is 2.17. The average Bonchev–Trinajstić information content (AvgIpc) is 2.39. The summed E-state index contributed by atoms with van der Waals surface area (Å²) in [5.41, 5.74) is 1.55. The maximum atomic E-state index is 10.7. The fourth-order valence-corrected chi connectivity index (χ4v) is 1.42. The van der Waals surface area contributed by atoms with E-state index in [2.05, 4.69) is 9.97 Å². The summed E-state index contributed by atoms with van der Waals surface area (Å²) in [6.45, 7) is 0. The third-order valence-corrected chi connectivity index (χ3v) is 2.22. The van der Waals surface area contributed by atoms with Gasteiger partial charge in [-0.1, -0.05) is 6.07 Å². The number of nitro groups is 1. The van der Waals surface area contributed by atoms with E-state index in [1.807, 2.05) is 6.07 Å². The van der Waals surface area contributed by atoms with E-state index in [1.165, 1.54) is 13.3 Å². The Morgan fingerprint density at radius 3 is 2.76 bits per heavy atom. The van der Waals surface area contributed by atoms with E-state index >= 15 is 0 Å². The predicted molar refractivity (Wildman–Crippen MR) is 60.7 cm³/mol. The van der Waals surface area contributed by atoms with Crippen LogP contribution >= 0.6 is 0 Å². The molecule has 6 heteroatoms. The molecule has 0 fully saturated rings. The highest BCUT2D eigenvalue weighted by molar-refractivity contribution is 5.65. The first-order valence-electron chi connectivity index (χ1n) is 4.81. The molecule has 86 valence electrons. The van der Waals surface area contributed by atoms with Gasteiger partial charge in [0.2, 0.25) is 5.75 Å². The van der Waals surface area contributed by atoms with Crippen molar-refractivity contribution < 1.29 is 9.66 Å². The molecule has 0 aliphatic carbocycles. The first kappa shape index (κ1) is 11.0. The van der Waals surface area contributed by atoms with Gasteiger partial charge in [0.1, 0.15) is 6.20 Å². The molecular weight excluding hydrogens is 222 g/mol. The van der Waals surface area contributed by atoms with Crippen molar-refractivity contribution in [3.63, 3.8) is 0 Å². The van der Waals surface area contributed by atoms with Crippen LogP contribution in [0.2, 0.25) is 0 Å². The fourth-order valence-electron chi connectivity index (χ4n) is 1.42. The second-order valence-electron chi connectivity index (χ2n) is 3.25. The van der Waals surface area contributed by atoms with Crippen molar-refractivity contribution in [2.75, 3.05) is 7.11 Å². The number of pyridine rings is 2. The molecule has 0 N–H and O–H groups in total. The molecule has 0 amide bonds. The van der Waals surface area contributed by atoms with Crippen LogP contribution in [0.15, 0.2) is 36.8 Å². The number of hydrogen-bond donors (Lipinski definition) is 0. The van der Waals surface area contributed by atoms with E-state index in [0.717, 1.165) is 11.1 Å². The maximum Gasteiger partial charge on any atom is 0.406 e. The van der Waals surface area contributed by atoms with Gasteiger partial charge >= 0.3 is 5.82 Å². The zero-order chi connectivity index (χ0) is 12.3. The molecule has 0 saturated carbocycles. The third-order valence-electron chi connectivity index (χ3n) is 2.22. The van der Waals surface area contributed by atoms with E-state index in [-0.39, 0.29) is 11.6 Å². The lowest BCUT2D eigenvalue weighted by Crippen LogP contribution is -1.97. The van der Waals surface area contributed by atoms with Gasteiger partial charge in [-0.2, -0.15) is 0 Å². The summed E-state index contributed by atoms with van der Waals surface area (Å²) >= 11 is 0. The van der Waals surface area contributed by atoms with Gasteiger partial charge < -0.3 is 14.9 Å². The molecule has 0 aliphatic rings. The highest BCUT2D eigenvalue weighted by Crippen LogP contribution is 2.29. The molecule has 17 heavy (non-hydrogen) atoms. The number of rotatable bonds is 3. The van der Waals surface area contributed by atoms with Gasteiger partial charge in [-0.05, 0) is 16.0 Å². The Balaban J connectivity index is 2.49. The number of hydrogen-bond acceptors (Lipinski definition) is 5. The number of aromatic nitrogens is 2. The Morgan fingerprint density at radius 2 is 2.18 bits per heavy atom. The topological polar surface area (TPSA) is 78.2 Å². The molecule has 0 aromatic carbocycles. The summed E-state index contributed by atoms with van der Waals surface area (Å²) in [5.74, 6) is -0.156. The van der Waals surface area contributed by atoms with Crippen LogP contribution in [0.25, 0.3) is 11.1 Å². The van der Waals surface area contributed by atoms with Gasteiger partial charge in [-0.3, -0.25) is 4.98 Å². The number of methoxy groups -OCH3 is 1. The average molecular weight is 231 g/mol. The molecule has 0 radical (unpaired) electrons. The minimum absolute atomic E-state index is 0.136. The Kier molecular flexibility index (Phi) is 2.95. The molecule has 2 heterocycles. The largest absolute Gasteiger partial charge is 0.489 e. The first-order valence-corrected chi connectivity index (χ1v) is 4.81. The lowest BCUT2D eigenvalue weighted by Gasteiger charge is -2.03. The molecule has 0 spiro atoms. The maximum absolute atomic E-state index is 10.7. The van der Waals surface area contributed by atoms with Crippen molar-refractivity contribution in [3.05, 3.63) is 46.9 Å². The molecule has 2 rings (SSSR count). The van der Waals surface area contributed by atoms with Crippen LogP contribution < -0.4 is 4.74 Å². The predicted octanol–water partition coefficient (Wildman–Crippen LogP) is 2.06. The van der Waals surface area contributed by atoms with Gasteiger partial charge in [-0.25, -0.2) is 0 Å². The highest BCUT2D eigenvalue weighted by atomic mass is 16.6. The lowest BCUT2D eigenvalue weighted by molar-refractivity contribution is -0.390. The van der Waals surface area contributed by atoms with E-state index in [4.69, 9.17) is 4.74 Å². The zero-order valence-electron chi connectivity index (χ0n) is 9.03.